The zero-order valence-electron chi connectivity index (χ0n) is 42.8. The van der Waals surface area contributed by atoms with Crippen LogP contribution in [0.2, 0.25) is 0 Å². The summed E-state index contributed by atoms with van der Waals surface area (Å²) < 4.78 is 29.3. The second-order valence-corrected chi connectivity index (χ2v) is 18.6. The van der Waals surface area contributed by atoms with Gasteiger partial charge >= 0.3 is 0 Å². The Hall–Kier alpha value is -8.64. The zero-order chi connectivity index (χ0) is 54.3. The number of nitrogens with two attached hydrogens (primary N) is 1. The Morgan fingerprint density at radius 1 is 0.645 bits per heavy atom. The number of aryl methyl sites for hydroxylation is 1. The lowest BCUT2D eigenvalue weighted by molar-refractivity contribution is -0.119. The molecule has 0 atom stereocenters. The number of nitrogens with zero attached hydrogens (tertiary/aromatic N) is 4. The summed E-state index contributed by atoms with van der Waals surface area (Å²) in [5, 5.41) is 22.0. The minimum atomic E-state index is -0.349. The van der Waals surface area contributed by atoms with E-state index in [2.05, 4.69) is 46.0 Å². The molecule has 15 nitrogen and oxygen atoms in total. The van der Waals surface area contributed by atoms with Crippen LogP contribution in [0.3, 0.4) is 0 Å². The van der Waals surface area contributed by atoms with Gasteiger partial charge in [-0.3, -0.25) is 29.3 Å². The molecule has 0 aliphatic carbocycles. The van der Waals surface area contributed by atoms with Gasteiger partial charge in [-0.05, 0) is 121 Å². The summed E-state index contributed by atoms with van der Waals surface area (Å²) >= 11 is 1.28. The third kappa shape index (κ3) is 14.1. The summed E-state index contributed by atoms with van der Waals surface area (Å²) in [5.74, 6) is -0.645. The number of aromatic nitrogens is 6. The molecule has 0 radical (unpaired) electrons. The molecule has 76 heavy (non-hydrogen) atoms. The summed E-state index contributed by atoms with van der Waals surface area (Å²) in [7, 11) is 0. The lowest BCUT2D eigenvalue weighted by atomic mass is 9.97. The van der Waals surface area contributed by atoms with Crippen molar-refractivity contribution in [3.8, 4) is 22.3 Å². The third-order valence-electron chi connectivity index (χ3n) is 12.1. The average Bonchev–Trinajstić information content (AvgIpc) is 3.82. The van der Waals surface area contributed by atoms with Gasteiger partial charge in [-0.15, -0.1) is 0 Å². The molecule has 0 bridgehead atoms. The van der Waals surface area contributed by atoms with Crippen LogP contribution in [0.1, 0.15) is 87.4 Å². The van der Waals surface area contributed by atoms with Gasteiger partial charge in [-0.25, -0.2) is 24.0 Å². The van der Waals surface area contributed by atoms with Crippen LogP contribution in [0, 0.1) is 18.6 Å². The number of carbonyl (C=O) groups is 3. The Bertz CT molecular complexity index is 3720. The number of hydrogen-bond acceptors (Lipinski definition) is 10. The number of fused-ring (bicyclic) bond motifs is 3. The first-order valence-electron chi connectivity index (χ1n) is 24.8. The van der Waals surface area contributed by atoms with E-state index in [1.807, 2.05) is 88.4 Å². The molecule has 0 aliphatic heterocycles. The maximum absolute atomic E-state index is 14.8. The summed E-state index contributed by atoms with van der Waals surface area (Å²) in [5.41, 5.74) is 14.0. The Balaban J connectivity index is 0.000000179. The van der Waals surface area contributed by atoms with Gasteiger partial charge in [-0.2, -0.15) is 15.2 Å². The van der Waals surface area contributed by atoms with Crippen molar-refractivity contribution in [2.75, 3.05) is 17.3 Å². The van der Waals surface area contributed by atoms with Crippen molar-refractivity contribution in [3.63, 3.8) is 0 Å². The van der Waals surface area contributed by atoms with E-state index in [-0.39, 0.29) is 40.5 Å². The number of nitrogens with one attached hydrogen (secondary N) is 5. The number of halogens is 2. The number of aliphatic imine (C=N–C) groups is 1. The summed E-state index contributed by atoms with van der Waals surface area (Å²) in [6, 6.07) is 35.5. The van der Waals surface area contributed by atoms with Crippen LogP contribution < -0.4 is 27.5 Å². The van der Waals surface area contributed by atoms with Crippen molar-refractivity contribution in [2.45, 2.75) is 79.1 Å². The predicted molar refractivity (Wildman–Crippen MR) is 300 cm³/mol. The Kier molecular flexibility index (Phi) is 18.9. The highest BCUT2D eigenvalue weighted by atomic mass is 32.2. The van der Waals surface area contributed by atoms with Crippen LogP contribution in [-0.2, 0) is 27.2 Å². The quantitative estimate of drug-likeness (QED) is 0.0363. The van der Waals surface area contributed by atoms with Crippen molar-refractivity contribution in [1.82, 2.24) is 35.7 Å². The molecule has 390 valence electrons. The van der Waals surface area contributed by atoms with Gasteiger partial charge in [-0.1, -0.05) is 93.2 Å². The van der Waals surface area contributed by atoms with Crippen molar-refractivity contribution in [1.29, 1.82) is 0 Å². The van der Waals surface area contributed by atoms with Crippen molar-refractivity contribution in [2.24, 2.45) is 4.99 Å². The number of hydrogen-bond donors (Lipinski definition) is 6. The number of rotatable bonds is 13. The van der Waals surface area contributed by atoms with Gasteiger partial charge in [0.25, 0.3) is 11.1 Å². The van der Waals surface area contributed by atoms with E-state index in [0.717, 1.165) is 58.0 Å². The van der Waals surface area contributed by atoms with Crippen LogP contribution >= 0.6 is 11.8 Å². The fraction of sp³-hybridized carbons (Fsp3) is 0.224. The summed E-state index contributed by atoms with van der Waals surface area (Å²) in [4.78, 5) is 69.6. The van der Waals surface area contributed by atoms with Gasteiger partial charge in [0.1, 0.15) is 11.6 Å². The van der Waals surface area contributed by atoms with E-state index in [9.17, 15) is 32.8 Å². The van der Waals surface area contributed by atoms with E-state index < -0.39 is 0 Å². The number of amides is 3. The standard InChI is InChI=1S/C26H22FN5O2.C22H18FN3O.C10H18N2O2S/c1-2-5-24(33)30-26-28-21-11-9-16(14-23(21)29-26)19-12-15(8-10-20(19)27)13-22-17-6-3-4-7-18(17)25(34)32-31-22;1-13-10-15(7-9-20(13)24)18-11-14(6-8-19(18)23)12-21-16-4-2-3-5-17(16)22(27)26-25-21;1-4-6-8(13)11-10(15-3)12-9(14)7-5-2/h3-4,6-12,14H,2,5,13H2,1H3,(H,32,34)(H2,28,29,30,33);2-11H,12,24H2,1H3,(H,26,27);4-7H2,1-3H3,(H,11,12,13,14). The van der Waals surface area contributed by atoms with Crippen LogP contribution in [-0.4, -0.2) is 59.5 Å². The van der Waals surface area contributed by atoms with E-state index in [1.165, 1.54) is 23.9 Å². The lowest BCUT2D eigenvalue weighted by Crippen LogP contribution is -2.28. The minimum absolute atomic E-state index is 0.0881. The van der Waals surface area contributed by atoms with E-state index in [0.29, 0.717) is 93.1 Å². The van der Waals surface area contributed by atoms with Gasteiger partial charge in [0, 0.05) is 59.7 Å². The minimum Gasteiger partial charge on any atom is -0.399 e. The molecule has 0 fully saturated rings. The Morgan fingerprint density at radius 3 is 1.68 bits per heavy atom. The number of imidazole rings is 1. The molecule has 0 aliphatic rings. The number of H-pyrrole nitrogens is 3. The molecule has 0 saturated carbocycles. The second-order valence-electron chi connectivity index (χ2n) is 17.8. The number of aromatic amines is 3. The number of anilines is 2. The van der Waals surface area contributed by atoms with Crippen molar-refractivity contribution < 1.29 is 23.2 Å². The van der Waals surface area contributed by atoms with Gasteiger partial charge in [0.15, 0.2) is 5.17 Å². The fourth-order valence-corrected chi connectivity index (χ4v) is 8.63. The van der Waals surface area contributed by atoms with Crippen LogP contribution in [0.25, 0.3) is 54.8 Å². The topological polar surface area (TPSA) is 234 Å². The highest BCUT2D eigenvalue weighted by Crippen LogP contribution is 2.30. The first kappa shape index (κ1) is 55.1. The highest BCUT2D eigenvalue weighted by Gasteiger charge is 2.15. The number of benzene rings is 6. The molecule has 6 aromatic carbocycles. The summed E-state index contributed by atoms with van der Waals surface area (Å²) in [6.07, 6.45) is 6.31. The summed E-state index contributed by atoms with van der Waals surface area (Å²) in [6.45, 7) is 7.68. The highest BCUT2D eigenvalue weighted by molar-refractivity contribution is 8.13. The Morgan fingerprint density at radius 2 is 1.16 bits per heavy atom. The molecule has 3 aromatic heterocycles. The van der Waals surface area contributed by atoms with E-state index in [1.54, 1.807) is 54.8 Å². The molecule has 3 heterocycles. The molecule has 0 spiro atoms. The van der Waals surface area contributed by atoms with Crippen LogP contribution in [0.4, 0.5) is 20.4 Å². The molecule has 3 amide bonds. The SMILES string of the molecule is CCCC(=O)N=C(NC(=O)CCC)SC.CCCC(=O)Nc1nc2ccc(-c3cc(Cc4n[nH]c(=O)c5ccccc45)ccc3F)cc2[nH]1.Cc1cc(-c2cc(Cc3n[nH]c(=O)c4ccccc34)ccc2F)ccc1N. The van der Waals surface area contributed by atoms with Crippen LogP contribution in [0.5, 0.6) is 0 Å². The first-order valence-corrected chi connectivity index (χ1v) is 26.0. The van der Waals surface area contributed by atoms with E-state index in [4.69, 9.17) is 5.73 Å². The van der Waals surface area contributed by atoms with Crippen LogP contribution in [0.15, 0.2) is 136 Å². The normalized spacial score (nSPS) is 11.2. The monoisotopic (exact) mass is 1040 g/mol. The molecular weight excluding hydrogens is 987 g/mol. The number of nitrogen functional groups attached to an aromatic ring is 1. The zero-order valence-corrected chi connectivity index (χ0v) is 43.6. The van der Waals surface area contributed by atoms with Crippen molar-refractivity contribution in [3.05, 3.63) is 182 Å². The molecule has 7 N–H and O–H groups in total. The molecule has 0 saturated heterocycles. The third-order valence-corrected chi connectivity index (χ3v) is 12.7. The maximum atomic E-state index is 14.8. The predicted octanol–water partition coefficient (Wildman–Crippen LogP) is 11.1. The second kappa shape index (κ2) is 26.0. The number of thioether (sulfide) groups is 1. The van der Waals surface area contributed by atoms with Gasteiger partial charge < -0.3 is 16.0 Å². The number of carbonyl (C=O) groups excluding carboxylic acids is 3. The maximum Gasteiger partial charge on any atom is 0.272 e. The van der Waals surface area contributed by atoms with Gasteiger partial charge in [0.05, 0.1) is 33.2 Å². The number of amidine groups is 1. The lowest BCUT2D eigenvalue weighted by Gasteiger charge is -2.10. The molecule has 9 rings (SSSR count). The largest absolute Gasteiger partial charge is 0.399 e. The molecule has 0 unspecified atom stereocenters. The van der Waals surface area contributed by atoms with Gasteiger partial charge in [0.2, 0.25) is 23.7 Å². The average molecular weight is 1050 g/mol. The molecule has 9 aromatic rings. The molecular formula is C58H58F2N10O5S. The smallest absolute Gasteiger partial charge is 0.272 e. The molecule has 18 heteroatoms. The van der Waals surface area contributed by atoms with Crippen molar-refractivity contribution >= 4 is 78.9 Å². The fourth-order valence-electron chi connectivity index (χ4n) is 8.22. The Labute approximate surface area is 441 Å². The van der Waals surface area contributed by atoms with E-state index >= 15 is 0 Å². The first-order chi connectivity index (χ1) is 36.7.